The maximum atomic E-state index is 12.9. The Bertz CT molecular complexity index is 908. The zero-order chi connectivity index (χ0) is 18.3. The molecule has 130 valence electrons. The molecule has 0 bridgehead atoms. The molecule has 0 radical (unpaired) electrons. The number of benzene rings is 2. The second-order valence-electron chi connectivity index (χ2n) is 6.42. The number of carbonyl (C=O) groups excluding carboxylic acids is 3. The standard InChI is InChI=1S/C20H17N3O3/c1-13-18(20(26)23(21-13)15-10-6-3-7-11-15)16-12-17(24)22(19(16)25)14-8-4-2-5-9-14/h2-11,16,18H,12H2,1H3/t16-,18+/m0/s1. The van der Waals surface area contributed by atoms with Crippen molar-refractivity contribution in [3.8, 4) is 0 Å². The highest BCUT2D eigenvalue weighted by molar-refractivity contribution is 6.25. The highest BCUT2D eigenvalue weighted by Crippen LogP contribution is 2.36. The van der Waals surface area contributed by atoms with Crippen LogP contribution in [0.4, 0.5) is 11.4 Å². The van der Waals surface area contributed by atoms with Crippen LogP contribution >= 0.6 is 0 Å². The lowest BCUT2D eigenvalue weighted by Gasteiger charge is -2.19. The fourth-order valence-corrected chi connectivity index (χ4v) is 3.56. The minimum atomic E-state index is -0.715. The Balaban J connectivity index is 1.63. The van der Waals surface area contributed by atoms with Crippen molar-refractivity contribution in [3.05, 3.63) is 60.7 Å². The predicted molar refractivity (Wildman–Crippen MR) is 97.6 cm³/mol. The van der Waals surface area contributed by atoms with E-state index in [1.54, 1.807) is 43.3 Å². The molecule has 2 atom stereocenters. The number of nitrogens with zero attached hydrogens (tertiary/aromatic N) is 3. The van der Waals surface area contributed by atoms with Gasteiger partial charge in [-0.15, -0.1) is 0 Å². The van der Waals surface area contributed by atoms with E-state index in [9.17, 15) is 14.4 Å². The molecule has 4 rings (SSSR count). The Hall–Kier alpha value is -3.28. The van der Waals surface area contributed by atoms with Crippen molar-refractivity contribution >= 4 is 34.8 Å². The zero-order valence-electron chi connectivity index (χ0n) is 14.2. The first-order chi connectivity index (χ1) is 12.6. The highest BCUT2D eigenvalue weighted by atomic mass is 16.2. The maximum Gasteiger partial charge on any atom is 0.257 e. The fraction of sp³-hybridized carbons (Fsp3) is 0.200. The molecular formula is C20H17N3O3. The molecular weight excluding hydrogens is 330 g/mol. The van der Waals surface area contributed by atoms with Gasteiger partial charge in [0.1, 0.15) is 0 Å². The van der Waals surface area contributed by atoms with Crippen LogP contribution in [-0.2, 0) is 14.4 Å². The van der Waals surface area contributed by atoms with E-state index in [-0.39, 0.29) is 24.1 Å². The fourth-order valence-electron chi connectivity index (χ4n) is 3.56. The molecule has 0 saturated carbocycles. The molecule has 2 heterocycles. The van der Waals surface area contributed by atoms with E-state index in [2.05, 4.69) is 5.10 Å². The van der Waals surface area contributed by atoms with E-state index in [1.807, 2.05) is 24.3 Å². The summed E-state index contributed by atoms with van der Waals surface area (Å²) in [5, 5.41) is 5.66. The molecule has 3 amide bonds. The van der Waals surface area contributed by atoms with Gasteiger partial charge in [0.05, 0.1) is 23.2 Å². The summed E-state index contributed by atoms with van der Waals surface area (Å²) in [7, 11) is 0. The average molecular weight is 347 g/mol. The van der Waals surface area contributed by atoms with Gasteiger partial charge in [-0.05, 0) is 31.2 Å². The Kier molecular flexibility index (Phi) is 3.88. The van der Waals surface area contributed by atoms with Gasteiger partial charge in [-0.2, -0.15) is 5.10 Å². The predicted octanol–water partition coefficient (Wildman–Crippen LogP) is 2.61. The number of imide groups is 1. The van der Waals surface area contributed by atoms with Crippen LogP contribution in [0.15, 0.2) is 65.8 Å². The summed E-state index contributed by atoms with van der Waals surface area (Å²) in [6.07, 6.45) is 0.0135. The third-order valence-electron chi connectivity index (χ3n) is 4.78. The minimum absolute atomic E-state index is 0.0135. The lowest BCUT2D eigenvalue weighted by Crippen LogP contribution is -2.37. The molecule has 2 aliphatic heterocycles. The maximum absolute atomic E-state index is 12.9. The van der Waals surface area contributed by atoms with Crippen LogP contribution in [-0.4, -0.2) is 23.4 Å². The third-order valence-corrected chi connectivity index (χ3v) is 4.78. The number of rotatable bonds is 3. The number of hydrazone groups is 1. The Morgan fingerprint density at radius 2 is 1.42 bits per heavy atom. The van der Waals surface area contributed by atoms with E-state index < -0.39 is 11.8 Å². The Morgan fingerprint density at radius 1 is 0.846 bits per heavy atom. The second-order valence-corrected chi connectivity index (χ2v) is 6.42. The molecule has 6 nitrogen and oxygen atoms in total. The van der Waals surface area contributed by atoms with Gasteiger partial charge in [0.2, 0.25) is 11.8 Å². The number of carbonyl (C=O) groups is 3. The van der Waals surface area contributed by atoms with Crippen molar-refractivity contribution in [1.29, 1.82) is 0 Å². The first kappa shape index (κ1) is 16.2. The largest absolute Gasteiger partial charge is 0.274 e. The second kappa shape index (κ2) is 6.22. The normalized spacial score (nSPS) is 23.0. The molecule has 2 aromatic carbocycles. The van der Waals surface area contributed by atoms with Crippen LogP contribution in [0.1, 0.15) is 13.3 Å². The van der Waals surface area contributed by atoms with Crippen LogP contribution in [0.5, 0.6) is 0 Å². The van der Waals surface area contributed by atoms with Crippen LogP contribution in [0.25, 0.3) is 0 Å². The van der Waals surface area contributed by atoms with Crippen molar-refractivity contribution in [2.24, 2.45) is 16.9 Å². The monoisotopic (exact) mass is 347 g/mol. The Labute approximate surface area is 150 Å². The summed E-state index contributed by atoms with van der Waals surface area (Å²) < 4.78 is 0. The summed E-state index contributed by atoms with van der Waals surface area (Å²) in [6.45, 7) is 1.73. The van der Waals surface area contributed by atoms with E-state index in [0.717, 1.165) is 0 Å². The van der Waals surface area contributed by atoms with E-state index >= 15 is 0 Å². The average Bonchev–Trinajstić information content (AvgIpc) is 3.11. The number of hydrogen-bond acceptors (Lipinski definition) is 4. The lowest BCUT2D eigenvalue weighted by molar-refractivity contribution is -0.127. The summed E-state index contributed by atoms with van der Waals surface area (Å²) in [6, 6.07) is 17.9. The van der Waals surface area contributed by atoms with Crippen LogP contribution < -0.4 is 9.91 Å². The quantitative estimate of drug-likeness (QED) is 0.802. The summed E-state index contributed by atoms with van der Waals surface area (Å²) >= 11 is 0. The first-order valence-corrected chi connectivity index (χ1v) is 8.44. The number of anilines is 2. The molecule has 1 saturated heterocycles. The molecule has 1 fully saturated rings. The minimum Gasteiger partial charge on any atom is -0.274 e. The highest BCUT2D eigenvalue weighted by Gasteiger charge is 2.50. The zero-order valence-corrected chi connectivity index (χ0v) is 14.2. The Morgan fingerprint density at radius 3 is 2.04 bits per heavy atom. The van der Waals surface area contributed by atoms with Crippen molar-refractivity contribution in [1.82, 2.24) is 0 Å². The first-order valence-electron chi connectivity index (χ1n) is 8.44. The van der Waals surface area contributed by atoms with Crippen LogP contribution in [0.2, 0.25) is 0 Å². The molecule has 2 aliphatic rings. The molecule has 0 aliphatic carbocycles. The van der Waals surface area contributed by atoms with E-state index in [0.29, 0.717) is 17.1 Å². The van der Waals surface area contributed by atoms with Gasteiger partial charge in [-0.3, -0.25) is 19.3 Å². The summed E-state index contributed by atoms with van der Waals surface area (Å²) in [5.74, 6) is -2.32. The van der Waals surface area contributed by atoms with Gasteiger partial charge >= 0.3 is 0 Å². The van der Waals surface area contributed by atoms with Gasteiger partial charge in [0, 0.05) is 12.1 Å². The smallest absolute Gasteiger partial charge is 0.257 e. The third kappa shape index (κ3) is 2.50. The van der Waals surface area contributed by atoms with Crippen LogP contribution in [0.3, 0.4) is 0 Å². The molecule has 0 N–H and O–H groups in total. The molecule has 0 unspecified atom stereocenters. The summed E-state index contributed by atoms with van der Waals surface area (Å²) in [4.78, 5) is 39.5. The van der Waals surface area contributed by atoms with Crippen molar-refractivity contribution in [2.45, 2.75) is 13.3 Å². The van der Waals surface area contributed by atoms with Gasteiger partial charge < -0.3 is 0 Å². The topological polar surface area (TPSA) is 70.1 Å². The molecule has 26 heavy (non-hydrogen) atoms. The van der Waals surface area contributed by atoms with Gasteiger partial charge in [0.15, 0.2) is 0 Å². The van der Waals surface area contributed by atoms with Gasteiger partial charge in [0.25, 0.3) is 5.91 Å². The number of hydrogen-bond donors (Lipinski definition) is 0. The molecule has 6 heteroatoms. The van der Waals surface area contributed by atoms with Crippen LogP contribution in [0, 0.1) is 11.8 Å². The number of para-hydroxylation sites is 2. The van der Waals surface area contributed by atoms with Crippen molar-refractivity contribution in [3.63, 3.8) is 0 Å². The molecule has 0 spiro atoms. The molecule has 2 aromatic rings. The number of amides is 3. The van der Waals surface area contributed by atoms with Crippen molar-refractivity contribution < 1.29 is 14.4 Å². The van der Waals surface area contributed by atoms with Crippen molar-refractivity contribution in [2.75, 3.05) is 9.91 Å². The van der Waals surface area contributed by atoms with Gasteiger partial charge in [-0.25, -0.2) is 5.01 Å². The van der Waals surface area contributed by atoms with E-state index in [4.69, 9.17) is 0 Å². The van der Waals surface area contributed by atoms with Gasteiger partial charge in [-0.1, -0.05) is 36.4 Å². The molecule has 0 aromatic heterocycles. The van der Waals surface area contributed by atoms with E-state index in [1.165, 1.54) is 9.91 Å². The summed E-state index contributed by atoms with van der Waals surface area (Å²) in [5.41, 5.74) is 1.74. The SMILES string of the molecule is CC1=NN(c2ccccc2)C(=O)[C@H]1[C@@H]1CC(=O)N(c2ccccc2)C1=O. The lowest BCUT2D eigenvalue weighted by atomic mass is 9.87.